The molecule has 30 heavy (non-hydrogen) atoms. The Morgan fingerprint density at radius 2 is 1.97 bits per heavy atom. The summed E-state index contributed by atoms with van der Waals surface area (Å²) in [4.78, 5) is 11.6. The van der Waals surface area contributed by atoms with Crippen LogP contribution in [0.25, 0.3) is 11.0 Å². The van der Waals surface area contributed by atoms with Crippen molar-refractivity contribution in [2.75, 3.05) is 18.5 Å². The summed E-state index contributed by atoms with van der Waals surface area (Å²) in [5.41, 5.74) is 1.69. The number of fused-ring (bicyclic) bond motifs is 1. The number of anilines is 1. The van der Waals surface area contributed by atoms with Crippen LogP contribution in [0.4, 0.5) is 14.5 Å². The van der Waals surface area contributed by atoms with E-state index < -0.39 is 17.4 Å². The second-order valence-electron chi connectivity index (χ2n) is 8.50. The van der Waals surface area contributed by atoms with Gasteiger partial charge in [0.1, 0.15) is 11.4 Å². The zero-order chi connectivity index (χ0) is 21.5. The molecule has 3 aromatic rings. The van der Waals surface area contributed by atoms with Crippen molar-refractivity contribution in [1.29, 1.82) is 0 Å². The van der Waals surface area contributed by atoms with E-state index in [2.05, 4.69) is 20.3 Å². The number of nitrogens with zero attached hydrogens (tertiary/aromatic N) is 2. The minimum atomic E-state index is -0.833. The number of hydrogen-bond donors (Lipinski definition) is 2. The van der Waals surface area contributed by atoms with E-state index in [4.69, 9.17) is 9.47 Å². The SMILES string of the molecule is CC(C)c1c[nH]c2nccc(Oc3c(F)cc(NC4=NCC(C)(C)CO4)cc3F)c12. The molecule has 0 atom stereocenters. The summed E-state index contributed by atoms with van der Waals surface area (Å²) < 4.78 is 40.7. The van der Waals surface area contributed by atoms with Crippen LogP contribution in [-0.2, 0) is 4.74 Å². The zero-order valence-electron chi connectivity index (χ0n) is 17.3. The van der Waals surface area contributed by atoms with Gasteiger partial charge >= 0.3 is 0 Å². The first kappa shape index (κ1) is 20.1. The number of amidine groups is 1. The van der Waals surface area contributed by atoms with Crippen molar-refractivity contribution < 1.29 is 18.3 Å². The highest BCUT2D eigenvalue weighted by Crippen LogP contribution is 2.37. The topological polar surface area (TPSA) is 71.5 Å². The maximum Gasteiger partial charge on any atom is 0.289 e. The van der Waals surface area contributed by atoms with Gasteiger partial charge in [0.2, 0.25) is 0 Å². The van der Waals surface area contributed by atoms with Gasteiger partial charge in [0.05, 0.1) is 18.5 Å². The van der Waals surface area contributed by atoms with Crippen LogP contribution in [0.2, 0.25) is 0 Å². The van der Waals surface area contributed by atoms with Crippen molar-refractivity contribution in [2.45, 2.75) is 33.6 Å². The molecule has 0 amide bonds. The molecule has 0 saturated carbocycles. The monoisotopic (exact) mass is 414 g/mol. The number of H-pyrrole nitrogens is 1. The van der Waals surface area contributed by atoms with Crippen LogP contribution in [0.3, 0.4) is 0 Å². The molecule has 1 aliphatic heterocycles. The Balaban J connectivity index is 1.62. The molecule has 0 unspecified atom stereocenters. The Morgan fingerprint density at radius 3 is 2.60 bits per heavy atom. The smallest absolute Gasteiger partial charge is 0.289 e. The predicted octanol–water partition coefficient (Wildman–Crippen LogP) is 5.58. The number of rotatable bonds is 4. The first-order valence-electron chi connectivity index (χ1n) is 9.81. The van der Waals surface area contributed by atoms with Gasteiger partial charge in [0, 0.05) is 35.6 Å². The molecule has 0 radical (unpaired) electrons. The average Bonchev–Trinajstić information content (AvgIpc) is 3.12. The minimum absolute atomic E-state index is 0.0671. The molecule has 0 bridgehead atoms. The van der Waals surface area contributed by atoms with Crippen LogP contribution in [0.15, 0.2) is 35.6 Å². The van der Waals surface area contributed by atoms with Gasteiger partial charge in [-0.25, -0.2) is 18.8 Å². The summed E-state index contributed by atoms with van der Waals surface area (Å²) in [7, 11) is 0. The Morgan fingerprint density at radius 1 is 1.23 bits per heavy atom. The maximum atomic E-state index is 14.7. The molecule has 2 N–H and O–H groups in total. The molecule has 6 nitrogen and oxygen atoms in total. The number of aromatic amines is 1. The van der Waals surface area contributed by atoms with Gasteiger partial charge in [-0.2, -0.15) is 0 Å². The molecular weight excluding hydrogens is 390 g/mol. The van der Waals surface area contributed by atoms with E-state index in [1.165, 1.54) is 6.20 Å². The van der Waals surface area contributed by atoms with Crippen LogP contribution < -0.4 is 10.1 Å². The number of hydrogen-bond acceptors (Lipinski definition) is 5. The highest BCUT2D eigenvalue weighted by atomic mass is 19.1. The predicted molar refractivity (Wildman–Crippen MR) is 112 cm³/mol. The summed E-state index contributed by atoms with van der Waals surface area (Å²) in [5.74, 6) is -1.61. The van der Waals surface area contributed by atoms with Crippen molar-refractivity contribution in [3.8, 4) is 11.5 Å². The van der Waals surface area contributed by atoms with E-state index >= 15 is 0 Å². The van der Waals surface area contributed by atoms with Crippen LogP contribution in [0, 0.1) is 17.0 Å². The quantitative estimate of drug-likeness (QED) is 0.585. The summed E-state index contributed by atoms with van der Waals surface area (Å²) in [6, 6.07) is 4.15. The maximum absolute atomic E-state index is 14.7. The van der Waals surface area contributed by atoms with E-state index in [0.717, 1.165) is 17.7 Å². The highest BCUT2D eigenvalue weighted by Gasteiger charge is 2.25. The first-order chi connectivity index (χ1) is 14.2. The van der Waals surface area contributed by atoms with Crippen molar-refractivity contribution in [3.05, 3.63) is 47.8 Å². The molecule has 8 heteroatoms. The summed E-state index contributed by atoms with van der Waals surface area (Å²) in [6.45, 7) is 9.15. The third kappa shape index (κ3) is 3.94. The lowest BCUT2D eigenvalue weighted by molar-refractivity contribution is 0.156. The molecule has 0 spiro atoms. The Labute approximate surface area is 173 Å². The Kier molecular flexibility index (Phi) is 5.09. The normalized spacial score (nSPS) is 15.8. The number of ether oxygens (including phenoxy) is 2. The molecule has 1 aromatic carbocycles. The third-order valence-corrected chi connectivity index (χ3v) is 4.90. The van der Waals surface area contributed by atoms with Gasteiger partial charge < -0.3 is 19.8 Å². The van der Waals surface area contributed by atoms with Gasteiger partial charge in [-0.3, -0.25) is 0 Å². The van der Waals surface area contributed by atoms with E-state index in [1.54, 1.807) is 6.07 Å². The Bertz CT molecular complexity index is 1100. The number of benzene rings is 1. The fourth-order valence-corrected chi connectivity index (χ4v) is 3.27. The molecule has 0 aliphatic carbocycles. The van der Waals surface area contributed by atoms with E-state index in [-0.39, 0.29) is 23.0 Å². The van der Waals surface area contributed by atoms with Gasteiger partial charge in [0.25, 0.3) is 6.02 Å². The molecular formula is C22H24F2N4O2. The highest BCUT2D eigenvalue weighted by molar-refractivity contribution is 5.89. The zero-order valence-corrected chi connectivity index (χ0v) is 17.3. The number of aliphatic imine (C=N–C) groups is 1. The standard InChI is InChI=1S/C22H24F2N4O2/c1-12(2)14-9-26-20-18(14)17(5-6-25-20)30-19-15(23)7-13(8-16(19)24)28-21-27-10-22(3,4)11-29-21/h5-9,12H,10-11H2,1-4H3,(H,25,26)(H,27,28). The van der Waals surface area contributed by atoms with Gasteiger partial charge in [0.15, 0.2) is 17.4 Å². The van der Waals surface area contributed by atoms with E-state index in [1.807, 2.05) is 33.9 Å². The Hall–Kier alpha value is -3.16. The van der Waals surface area contributed by atoms with Crippen molar-refractivity contribution >= 4 is 22.7 Å². The van der Waals surface area contributed by atoms with E-state index in [9.17, 15) is 8.78 Å². The van der Waals surface area contributed by atoms with Crippen LogP contribution in [-0.4, -0.2) is 29.1 Å². The lowest BCUT2D eigenvalue weighted by Gasteiger charge is -2.28. The van der Waals surface area contributed by atoms with Crippen LogP contribution >= 0.6 is 0 Å². The fourth-order valence-electron chi connectivity index (χ4n) is 3.27. The van der Waals surface area contributed by atoms with Crippen molar-refractivity contribution in [2.24, 2.45) is 10.4 Å². The molecule has 3 heterocycles. The molecule has 4 rings (SSSR count). The molecule has 0 saturated heterocycles. The lowest BCUT2D eigenvalue weighted by Crippen LogP contribution is -2.33. The summed E-state index contributed by atoms with van der Waals surface area (Å²) in [6.07, 6.45) is 3.37. The minimum Gasteiger partial charge on any atom is -0.464 e. The molecule has 0 fully saturated rings. The van der Waals surface area contributed by atoms with Crippen LogP contribution in [0.5, 0.6) is 11.5 Å². The summed E-state index contributed by atoms with van der Waals surface area (Å²) in [5, 5.41) is 3.53. The lowest BCUT2D eigenvalue weighted by atomic mass is 9.95. The number of aromatic nitrogens is 2. The largest absolute Gasteiger partial charge is 0.464 e. The first-order valence-corrected chi connectivity index (χ1v) is 9.81. The summed E-state index contributed by atoms with van der Waals surface area (Å²) >= 11 is 0. The third-order valence-electron chi connectivity index (χ3n) is 4.90. The number of halogens is 2. The van der Waals surface area contributed by atoms with Gasteiger partial charge in [-0.1, -0.05) is 27.7 Å². The van der Waals surface area contributed by atoms with Gasteiger partial charge in [-0.15, -0.1) is 0 Å². The van der Waals surface area contributed by atoms with Gasteiger partial charge in [-0.05, 0) is 17.5 Å². The van der Waals surface area contributed by atoms with Crippen LogP contribution in [0.1, 0.15) is 39.2 Å². The average molecular weight is 414 g/mol. The van der Waals surface area contributed by atoms with Crippen molar-refractivity contribution in [3.63, 3.8) is 0 Å². The number of pyridine rings is 1. The molecule has 1 aliphatic rings. The second kappa shape index (κ2) is 7.59. The fraction of sp³-hybridized carbons (Fsp3) is 0.364. The molecule has 2 aromatic heterocycles. The molecule has 158 valence electrons. The van der Waals surface area contributed by atoms with E-state index in [0.29, 0.717) is 29.9 Å². The van der Waals surface area contributed by atoms with Crippen molar-refractivity contribution in [1.82, 2.24) is 9.97 Å². The second-order valence-corrected chi connectivity index (χ2v) is 8.50. The number of nitrogens with one attached hydrogen (secondary N) is 2.